The molecule has 2 aromatic rings. The van der Waals surface area contributed by atoms with Crippen molar-refractivity contribution in [1.82, 2.24) is 4.90 Å². The number of hydrogen-bond acceptors (Lipinski definition) is 4. The summed E-state index contributed by atoms with van der Waals surface area (Å²) in [6.45, 7) is 3.36. The third-order valence-corrected chi connectivity index (χ3v) is 4.24. The monoisotopic (exact) mass is 335 g/mol. The minimum absolute atomic E-state index is 0.00202. The van der Waals surface area contributed by atoms with Crippen LogP contribution in [0.1, 0.15) is 24.2 Å². The lowest BCUT2D eigenvalue weighted by Gasteiger charge is -2.37. The van der Waals surface area contributed by atoms with Gasteiger partial charge in [-0.15, -0.1) is 0 Å². The summed E-state index contributed by atoms with van der Waals surface area (Å²) in [5.74, 6) is 0.0421. The third-order valence-electron chi connectivity index (χ3n) is 4.24. The van der Waals surface area contributed by atoms with Crippen LogP contribution in [-0.2, 0) is 9.53 Å². The van der Waals surface area contributed by atoms with E-state index < -0.39 is 0 Å². The molecule has 1 heterocycles. The van der Waals surface area contributed by atoms with Gasteiger partial charge >= 0.3 is 0 Å². The summed E-state index contributed by atoms with van der Waals surface area (Å²) in [5.41, 5.74) is 2.52. The van der Waals surface area contributed by atoms with Gasteiger partial charge < -0.3 is 15.0 Å². The highest BCUT2D eigenvalue weighted by atomic mass is 16.5. The van der Waals surface area contributed by atoms with Crippen molar-refractivity contribution in [3.63, 3.8) is 0 Å². The van der Waals surface area contributed by atoms with Crippen LogP contribution in [0.3, 0.4) is 0 Å². The Hall–Kier alpha value is -2.84. The van der Waals surface area contributed by atoms with Gasteiger partial charge in [0, 0.05) is 12.2 Å². The summed E-state index contributed by atoms with van der Waals surface area (Å²) in [5, 5.41) is 11.9. The molecular formula is C20H21N3O2. The zero-order valence-electron chi connectivity index (χ0n) is 14.2. The molecule has 1 N–H and O–H groups in total. The molecule has 3 rings (SSSR count). The Morgan fingerprint density at radius 3 is 2.60 bits per heavy atom. The predicted octanol–water partition coefficient (Wildman–Crippen LogP) is 2.96. The van der Waals surface area contributed by atoms with Gasteiger partial charge in [0.2, 0.25) is 5.91 Å². The number of benzene rings is 2. The van der Waals surface area contributed by atoms with Gasteiger partial charge in [-0.05, 0) is 36.8 Å². The van der Waals surface area contributed by atoms with Gasteiger partial charge in [-0.25, -0.2) is 0 Å². The molecule has 5 nitrogen and oxygen atoms in total. The molecule has 128 valence electrons. The van der Waals surface area contributed by atoms with E-state index in [-0.39, 0.29) is 24.7 Å². The second-order valence-electron chi connectivity index (χ2n) is 6.19. The lowest BCUT2D eigenvalue weighted by atomic mass is 10.1. The first kappa shape index (κ1) is 17.0. The van der Waals surface area contributed by atoms with Crippen molar-refractivity contribution in [3.8, 4) is 6.07 Å². The van der Waals surface area contributed by atoms with Gasteiger partial charge in [-0.2, -0.15) is 5.26 Å². The largest absolute Gasteiger partial charge is 0.376 e. The number of ether oxygens (including phenoxy) is 1. The molecule has 0 unspecified atom stereocenters. The number of amides is 1. The average molecular weight is 335 g/mol. The van der Waals surface area contributed by atoms with Gasteiger partial charge in [0.15, 0.2) is 0 Å². The fraction of sp³-hybridized carbons (Fsp3) is 0.300. The highest BCUT2D eigenvalue weighted by Crippen LogP contribution is 2.25. The Bertz CT molecular complexity index is 753. The molecule has 1 amide bonds. The highest BCUT2D eigenvalue weighted by molar-refractivity contribution is 5.81. The number of morpholine rings is 1. The van der Waals surface area contributed by atoms with Crippen molar-refractivity contribution >= 4 is 11.6 Å². The van der Waals surface area contributed by atoms with Crippen molar-refractivity contribution in [2.45, 2.75) is 19.1 Å². The first-order valence-electron chi connectivity index (χ1n) is 8.38. The molecule has 5 heteroatoms. The molecule has 0 saturated carbocycles. The molecule has 1 fully saturated rings. The summed E-state index contributed by atoms with van der Waals surface area (Å²) >= 11 is 0. The Labute approximate surface area is 147 Å². The van der Waals surface area contributed by atoms with Gasteiger partial charge in [-0.1, -0.05) is 30.3 Å². The van der Waals surface area contributed by atoms with Crippen molar-refractivity contribution < 1.29 is 9.53 Å². The van der Waals surface area contributed by atoms with Crippen molar-refractivity contribution in [3.05, 3.63) is 65.7 Å². The number of anilines is 1. The molecule has 2 atom stereocenters. The number of carbonyl (C=O) groups excluding carboxylic acids is 1. The molecule has 0 spiro atoms. The van der Waals surface area contributed by atoms with Crippen molar-refractivity contribution in [2.75, 3.05) is 25.0 Å². The van der Waals surface area contributed by atoms with Crippen LogP contribution in [0.15, 0.2) is 54.6 Å². The summed E-state index contributed by atoms with van der Waals surface area (Å²) in [6.07, 6.45) is -0.0957. The Morgan fingerprint density at radius 1 is 1.20 bits per heavy atom. The van der Waals surface area contributed by atoms with E-state index in [0.717, 1.165) is 11.3 Å². The summed E-state index contributed by atoms with van der Waals surface area (Å²) < 4.78 is 6.00. The molecule has 1 aliphatic rings. The van der Waals surface area contributed by atoms with Gasteiger partial charge in [0.05, 0.1) is 30.8 Å². The molecular weight excluding hydrogens is 314 g/mol. The SMILES string of the molecule is C[C@H]1CN(C(=O)CNc2ccc(C#N)cc2)C[C@@H](c2ccccc2)O1. The molecule has 0 radical (unpaired) electrons. The average Bonchev–Trinajstić information content (AvgIpc) is 2.66. The predicted molar refractivity (Wildman–Crippen MR) is 96.0 cm³/mol. The Morgan fingerprint density at radius 2 is 1.92 bits per heavy atom. The first-order chi connectivity index (χ1) is 12.2. The van der Waals surface area contributed by atoms with Crippen LogP contribution in [0.2, 0.25) is 0 Å². The summed E-state index contributed by atoms with van der Waals surface area (Å²) in [4.78, 5) is 14.4. The summed E-state index contributed by atoms with van der Waals surface area (Å²) in [6, 6.07) is 19.1. The van der Waals surface area contributed by atoms with Gasteiger partial charge in [-0.3, -0.25) is 4.79 Å². The van der Waals surface area contributed by atoms with E-state index in [1.807, 2.05) is 42.2 Å². The maximum atomic E-state index is 12.6. The fourth-order valence-electron chi connectivity index (χ4n) is 2.96. The summed E-state index contributed by atoms with van der Waals surface area (Å²) in [7, 11) is 0. The van der Waals surface area contributed by atoms with Crippen LogP contribution in [-0.4, -0.2) is 36.5 Å². The third kappa shape index (κ3) is 4.37. The zero-order chi connectivity index (χ0) is 17.6. The van der Waals surface area contributed by atoms with Gasteiger partial charge in [0.25, 0.3) is 0 Å². The minimum Gasteiger partial charge on any atom is -0.376 e. The maximum absolute atomic E-state index is 12.6. The second-order valence-corrected chi connectivity index (χ2v) is 6.19. The maximum Gasteiger partial charge on any atom is 0.242 e. The molecule has 1 aliphatic heterocycles. The normalized spacial score (nSPS) is 19.9. The number of hydrogen-bond donors (Lipinski definition) is 1. The van der Waals surface area contributed by atoms with Gasteiger partial charge in [0.1, 0.15) is 6.10 Å². The molecule has 2 aromatic carbocycles. The van der Waals surface area contributed by atoms with E-state index in [9.17, 15) is 4.79 Å². The van der Waals surface area contributed by atoms with Crippen LogP contribution in [0.25, 0.3) is 0 Å². The van der Waals surface area contributed by atoms with E-state index in [4.69, 9.17) is 10.00 Å². The number of rotatable bonds is 4. The quantitative estimate of drug-likeness (QED) is 0.933. The van der Waals surface area contributed by atoms with E-state index in [0.29, 0.717) is 18.7 Å². The van der Waals surface area contributed by atoms with Crippen LogP contribution >= 0.6 is 0 Å². The molecule has 25 heavy (non-hydrogen) atoms. The Kier molecular flexibility index (Phi) is 5.32. The van der Waals surface area contributed by atoms with E-state index in [1.54, 1.807) is 24.3 Å². The van der Waals surface area contributed by atoms with Crippen LogP contribution in [0.5, 0.6) is 0 Å². The highest BCUT2D eigenvalue weighted by Gasteiger charge is 2.29. The second kappa shape index (κ2) is 7.82. The van der Waals surface area contributed by atoms with Crippen LogP contribution < -0.4 is 5.32 Å². The van der Waals surface area contributed by atoms with Crippen LogP contribution in [0, 0.1) is 11.3 Å². The topological polar surface area (TPSA) is 65.4 Å². The fourth-order valence-corrected chi connectivity index (χ4v) is 2.96. The number of nitrogens with one attached hydrogen (secondary N) is 1. The number of nitriles is 1. The first-order valence-corrected chi connectivity index (χ1v) is 8.38. The van der Waals surface area contributed by atoms with Crippen molar-refractivity contribution in [2.24, 2.45) is 0 Å². The molecule has 0 aromatic heterocycles. The molecule has 0 aliphatic carbocycles. The minimum atomic E-state index is -0.0937. The molecule has 0 bridgehead atoms. The van der Waals surface area contributed by atoms with E-state index in [2.05, 4.69) is 11.4 Å². The lowest BCUT2D eigenvalue weighted by molar-refractivity contribution is -0.143. The smallest absolute Gasteiger partial charge is 0.242 e. The molecule has 1 saturated heterocycles. The van der Waals surface area contributed by atoms with E-state index >= 15 is 0 Å². The van der Waals surface area contributed by atoms with E-state index in [1.165, 1.54) is 0 Å². The number of carbonyl (C=O) groups is 1. The van der Waals surface area contributed by atoms with Crippen LogP contribution in [0.4, 0.5) is 5.69 Å². The number of nitrogens with zero attached hydrogens (tertiary/aromatic N) is 2. The van der Waals surface area contributed by atoms with Crippen molar-refractivity contribution in [1.29, 1.82) is 5.26 Å². The zero-order valence-corrected chi connectivity index (χ0v) is 14.2. The lowest BCUT2D eigenvalue weighted by Crippen LogP contribution is -2.47. The Balaban J connectivity index is 1.60. The standard InChI is InChI=1S/C20H21N3O2/c1-15-13-23(14-19(25-15)17-5-3-2-4-6-17)20(24)12-22-18-9-7-16(11-21)8-10-18/h2-10,15,19,22H,12-14H2,1H3/t15-,19-/m0/s1.